The third kappa shape index (κ3) is 5.73. The summed E-state index contributed by atoms with van der Waals surface area (Å²) in [6.07, 6.45) is -3.83. The fourth-order valence-electron chi connectivity index (χ4n) is 4.17. The van der Waals surface area contributed by atoms with E-state index in [0.717, 1.165) is 40.7 Å². The molecule has 2 heterocycles. The number of rotatable bonds is 5. The maximum absolute atomic E-state index is 13.7. The van der Waals surface area contributed by atoms with Crippen LogP contribution in [0.1, 0.15) is 37.6 Å². The Labute approximate surface area is 243 Å². The largest absolute Gasteiger partial charge is 0.416 e. The van der Waals surface area contributed by atoms with Crippen LogP contribution in [0.3, 0.4) is 0 Å². The summed E-state index contributed by atoms with van der Waals surface area (Å²) in [4.78, 5) is 39.0. The molecule has 0 bridgehead atoms. The number of carbonyl (C=O) groups is 1. The maximum Gasteiger partial charge on any atom is 0.416 e. The third-order valence-electron chi connectivity index (χ3n) is 6.54. The van der Waals surface area contributed by atoms with Crippen molar-refractivity contribution < 1.29 is 26.4 Å². The Morgan fingerprint density at radius 3 is 2.21 bits per heavy atom. The molecule has 0 aliphatic heterocycles. The zero-order valence-electron chi connectivity index (χ0n) is 23.5. The zero-order valence-corrected chi connectivity index (χ0v) is 24.3. The summed E-state index contributed by atoms with van der Waals surface area (Å²) in [5.41, 5.74) is -4.83. The van der Waals surface area contributed by atoms with E-state index in [-0.39, 0.29) is 33.9 Å². The van der Waals surface area contributed by atoms with Gasteiger partial charge in [0.15, 0.2) is 0 Å². The number of nitriles is 1. The second-order valence-electron chi connectivity index (χ2n) is 10.6. The van der Waals surface area contributed by atoms with Crippen molar-refractivity contribution in [2.75, 3.05) is 0 Å². The molecule has 0 fully saturated rings. The van der Waals surface area contributed by atoms with Crippen LogP contribution in [0.15, 0.2) is 69.2 Å². The van der Waals surface area contributed by atoms with Crippen LogP contribution in [0.2, 0.25) is 0 Å². The summed E-state index contributed by atoms with van der Waals surface area (Å²) in [6, 6.07) is 11.5. The number of carbonyl (C=O) groups excluding carboxylic acids is 1. The third-order valence-corrected chi connectivity index (χ3v) is 7.87. The lowest BCUT2D eigenvalue weighted by Gasteiger charge is -2.20. The number of amides is 1. The topological polar surface area (TPSA) is 149 Å². The van der Waals surface area contributed by atoms with Crippen molar-refractivity contribution in [3.63, 3.8) is 0 Å². The molecule has 1 N–H and O–H groups in total. The summed E-state index contributed by atoms with van der Waals surface area (Å²) >= 11 is 0. The van der Waals surface area contributed by atoms with Gasteiger partial charge in [0.2, 0.25) is 5.91 Å². The molecule has 15 heteroatoms. The lowest BCUT2D eigenvalue weighted by molar-refractivity contribution is -0.137. The molecule has 43 heavy (non-hydrogen) atoms. The summed E-state index contributed by atoms with van der Waals surface area (Å²) in [6.45, 7) is 5.75. The monoisotopic (exact) mass is 614 g/mol. The standard InChI is InChI=1S/C28H25F3N6O5S/c1-16-22(24(38)35(5)26(40)36(16)20-8-6-7-18(13-20)28(29,30)31)23-21(43(41,42)34-25(39)27(2,3)4)15-33-37(23)19-11-9-17(14-32)10-12-19/h6-13,15H,1-5H3,(H,34,39). The van der Waals surface area contributed by atoms with Gasteiger partial charge in [-0.05, 0) is 49.4 Å². The quantitative estimate of drug-likeness (QED) is 0.362. The zero-order chi connectivity index (χ0) is 32.1. The van der Waals surface area contributed by atoms with Crippen LogP contribution in [0.25, 0.3) is 22.6 Å². The Kier molecular flexibility index (Phi) is 7.71. The second-order valence-corrected chi connectivity index (χ2v) is 12.3. The molecule has 1 amide bonds. The van der Waals surface area contributed by atoms with Crippen LogP contribution in [-0.4, -0.2) is 33.2 Å². The first-order valence-corrected chi connectivity index (χ1v) is 14.0. The van der Waals surface area contributed by atoms with Gasteiger partial charge in [-0.1, -0.05) is 26.8 Å². The first-order valence-electron chi connectivity index (χ1n) is 12.5. The van der Waals surface area contributed by atoms with E-state index in [1.807, 2.05) is 10.8 Å². The van der Waals surface area contributed by atoms with Crippen molar-refractivity contribution in [2.45, 2.75) is 38.8 Å². The number of sulfonamides is 1. The van der Waals surface area contributed by atoms with Gasteiger partial charge in [-0.2, -0.15) is 23.5 Å². The van der Waals surface area contributed by atoms with Gasteiger partial charge in [0.1, 0.15) is 10.6 Å². The highest BCUT2D eigenvalue weighted by Crippen LogP contribution is 2.33. The Morgan fingerprint density at radius 1 is 1.02 bits per heavy atom. The van der Waals surface area contributed by atoms with E-state index in [2.05, 4.69) is 5.10 Å². The number of nitrogens with one attached hydrogen (secondary N) is 1. The molecule has 224 valence electrons. The van der Waals surface area contributed by atoms with Gasteiger partial charge in [0, 0.05) is 18.2 Å². The van der Waals surface area contributed by atoms with Crippen molar-refractivity contribution in [3.05, 3.63) is 92.4 Å². The van der Waals surface area contributed by atoms with E-state index in [4.69, 9.17) is 0 Å². The Bertz CT molecular complexity index is 2030. The number of aromatic nitrogens is 4. The summed E-state index contributed by atoms with van der Waals surface area (Å²) in [5, 5.41) is 13.3. The Hall–Kier alpha value is -4.97. The van der Waals surface area contributed by atoms with Crippen molar-refractivity contribution in [1.82, 2.24) is 23.6 Å². The molecule has 0 spiro atoms. The van der Waals surface area contributed by atoms with Crippen LogP contribution < -0.4 is 16.0 Å². The van der Waals surface area contributed by atoms with Gasteiger partial charge in [0.25, 0.3) is 15.6 Å². The van der Waals surface area contributed by atoms with Crippen LogP contribution in [0.5, 0.6) is 0 Å². The van der Waals surface area contributed by atoms with Gasteiger partial charge < -0.3 is 0 Å². The predicted octanol–water partition coefficient (Wildman–Crippen LogP) is 3.44. The number of benzene rings is 2. The lowest BCUT2D eigenvalue weighted by Crippen LogP contribution is -2.41. The minimum absolute atomic E-state index is 0.193. The van der Waals surface area contributed by atoms with E-state index >= 15 is 0 Å². The van der Waals surface area contributed by atoms with Crippen molar-refractivity contribution in [1.29, 1.82) is 5.26 Å². The number of halogens is 3. The van der Waals surface area contributed by atoms with Gasteiger partial charge in [-0.3, -0.25) is 18.7 Å². The predicted molar refractivity (Wildman–Crippen MR) is 149 cm³/mol. The molecule has 0 radical (unpaired) electrons. The van der Waals surface area contributed by atoms with Gasteiger partial charge in [-0.25, -0.2) is 22.6 Å². The van der Waals surface area contributed by atoms with Crippen LogP contribution in [-0.2, 0) is 28.0 Å². The number of alkyl halides is 3. The number of hydrogen-bond donors (Lipinski definition) is 1. The first kappa shape index (κ1) is 31.0. The molecule has 2 aromatic heterocycles. The average molecular weight is 615 g/mol. The first-order chi connectivity index (χ1) is 19.9. The molecule has 0 saturated carbocycles. The average Bonchev–Trinajstić information content (AvgIpc) is 3.37. The minimum atomic E-state index is -4.74. The van der Waals surface area contributed by atoms with Crippen molar-refractivity contribution in [2.24, 2.45) is 12.5 Å². The summed E-state index contributed by atoms with van der Waals surface area (Å²) in [7, 11) is -3.61. The molecule has 4 rings (SSSR count). The van der Waals surface area contributed by atoms with E-state index < -0.39 is 49.2 Å². The molecule has 0 unspecified atom stereocenters. The van der Waals surface area contributed by atoms with E-state index in [1.54, 1.807) is 0 Å². The van der Waals surface area contributed by atoms with Gasteiger partial charge in [-0.15, -0.1) is 0 Å². The van der Waals surface area contributed by atoms with Crippen LogP contribution >= 0.6 is 0 Å². The highest BCUT2D eigenvalue weighted by atomic mass is 32.2. The number of hydrogen-bond acceptors (Lipinski definition) is 7. The molecule has 0 saturated heterocycles. The smallest absolute Gasteiger partial charge is 0.273 e. The van der Waals surface area contributed by atoms with Crippen LogP contribution in [0.4, 0.5) is 13.2 Å². The number of nitrogens with zero attached hydrogens (tertiary/aromatic N) is 5. The molecule has 11 nitrogen and oxygen atoms in total. The fraction of sp³-hybridized carbons (Fsp3) is 0.250. The second kappa shape index (κ2) is 10.7. The lowest BCUT2D eigenvalue weighted by atomic mass is 9.96. The molecule has 4 aromatic rings. The highest BCUT2D eigenvalue weighted by molar-refractivity contribution is 7.90. The minimum Gasteiger partial charge on any atom is -0.273 e. The Balaban J connectivity index is 2.11. The van der Waals surface area contributed by atoms with E-state index in [0.29, 0.717) is 4.57 Å². The summed E-state index contributed by atoms with van der Waals surface area (Å²) in [5.74, 6) is -0.858. The SMILES string of the molecule is Cc1c(-c2c(S(=O)(=O)NC(=O)C(C)(C)C)cnn2-c2ccc(C#N)cc2)c(=O)n(C)c(=O)n1-c1cccc(C(F)(F)F)c1. The Morgan fingerprint density at radius 2 is 1.65 bits per heavy atom. The van der Waals surface area contributed by atoms with Crippen molar-refractivity contribution >= 4 is 15.9 Å². The maximum atomic E-state index is 13.7. The van der Waals surface area contributed by atoms with Gasteiger partial charge >= 0.3 is 11.9 Å². The summed E-state index contributed by atoms with van der Waals surface area (Å²) < 4.78 is 72.3. The fourth-order valence-corrected chi connectivity index (χ4v) is 5.46. The normalized spacial score (nSPS) is 12.2. The van der Waals surface area contributed by atoms with E-state index in [1.165, 1.54) is 58.0 Å². The molecular formula is C28H25F3N6O5S. The van der Waals surface area contributed by atoms with Crippen LogP contribution in [0, 0.1) is 23.7 Å². The molecule has 0 aliphatic rings. The van der Waals surface area contributed by atoms with Crippen molar-refractivity contribution in [3.8, 4) is 28.7 Å². The van der Waals surface area contributed by atoms with E-state index in [9.17, 15) is 41.2 Å². The molecule has 0 aliphatic carbocycles. The highest BCUT2D eigenvalue weighted by Gasteiger charge is 2.34. The molecular weight excluding hydrogens is 589 g/mol. The molecule has 2 aromatic carbocycles. The van der Waals surface area contributed by atoms with Gasteiger partial charge in [0.05, 0.1) is 40.3 Å². The molecule has 0 atom stereocenters.